The average molecular weight is 257 g/mol. The minimum absolute atomic E-state index is 0.0390. The van der Waals surface area contributed by atoms with Crippen LogP contribution in [0.1, 0.15) is 17.3 Å². The van der Waals surface area contributed by atoms with Gasteiger partial charge in [0.15, 0.2) is 0 Å². The van der Waals surface area contributed by atoms with Gasteiger partial charge in [-0.3, -0.25) is 9.52 Å². The summed E-state index contributed by atoms with van der Waals surface area (Å²) in [7, 11) is -4.02. The molecule has 7 heteroatoms. The lowest BCUT2D eigenvalue weighted by Crippen LogP contribution is -2.24. The first kappa shape index (κ1) is 13.2. The van der Waals surface area contributed by atoms with E-state index in [1.807, 2.05) is 0 Å². The van der Waals surface area contributed by atoms with E-state index in [0.717, 1.165) is 0 Å². The molecule has 0 saturated carbocycles. The van der Waals surface area contributed by atoms with Gasteiger partial charge in [-0.2, -0.15) is 0 Å². The van der Waals surface area contributed by atoms with Crippen molar-refractivity contribution in [2.24, 2.45) is 0 Å². The fourth-order valence-corrected chi connectivity index (χ4v) is 2.16. The van der Waals surface area contributed by atoms with Crippen LogP contribution in [0.15, 0.2) is 29.2 Å². The molecule has 0 heterocycles. The Hall–Kier alpha value is -1.89. The highest BCUT2D eigenvalue weighted by Crippen LogP contribution is 2.15. The van der Waals surface area contributed by atoms with Crippen LogP contribution in [0.2, 0.25) is 0 Å². The van der Waals surface area contributed by atoms with Gasteiger partial charge >= 0.3 is 5.97 Å². The van der Waals surface area contributed by atoms with Gasteiger partial charge in [0.2, 0.25) is 6.41 Å². The summed E-state index contributed by atoms with van der Waals surface area (Å²) in [5.74, 6) is -0.751. The smallest absolute Gasteiger partial charge is 0.339 e. The fourth-order valence-electron chi connectivity index (χ4n) is 1.21. The van der Waals surface area contributed by atoms with Crippen molar-refractivity contribution in [3.8, 4) is 0 Å². The number of benzene rings is 1. The Bertz CT molecular complexity index is 523. The number of amides is 1. The van der Waals surface area contributed by atoms with Crippen molar-refractivity contribution in [3.05, 3.63) is 29.8 Å². The first-order chi connectivity index (χ1) is 8.03. The highest BCUT2D eigenvalue weighted by Gasteiger charge is 2.22. The topological polar surface area (TPSA) is 89.5 Å². The van der Waals surface area contributed by atoms with Crippen molar-refractivity contribution in [1.82, 2.24) is 4.72 Å². The third-order valence-corrected chi connectivity index (χ3v) is 3.22. The van der Waals surface area contributed by atoms with Crippen LogP contribution in [0.5, 0.6) is 0 Å². The molecular weight excluding hydrogens is 246 g/mol. The largest absolute Gasteiger partial charge is 0.462 e. The second kappa shape index (κ2) is 5.44. The number of carbonyl (C=O) groups is 2. The second-order valence-electron chi connectivity index (χ2n) is 2.96. The number of ether oxygens (including phenoxy) is 1. The molecule has 6 nitrogen and oxygen atoms in total. The molecule has 0 aliphatic rings. The van der Waals surface area contributed by atoms with Gasteiger partial charge in [-0.1, -0.05) is 12.1 Å². The Kier molecular flexibility index (Phi) is 4.22. The Morgan fingerprint density at radius 1 is 1.41 bits per heavy atom. The summed E-state index contributed by atoms with van der Waals surface area (Å²) in [6.07, 6.45) is 0.0390. The summed E-state index contributed by atoms with van der Waals surface area (Å²) < 4.78 is 29.6. The van der Waals surface area contributed by atoms with Crippen LogP contribution in [0.3, 0.4) is 0 Å². The number of rotatable bonds is 5. The van der Waals surface area contributed by atoms with E-state index in [1.165, 1.54) is 24.3 Å². The predicted molar refractivity (Wildman–Crippen MR) is 58.8 cm³/mol. The van der Waals surface area contributed by atoms with Gasteiger partial charge in [-0.15, -0.1) is 0 Å². The second-order valence-corrected chi connectivity index (χ2v) is 4.64. The van der Waals surface area contributed by atoms with Crippen LogP contribution in [0.4, 0.5) is 0 Å². The van der Waals surface area contributed by atoms with Gasteiger partial charge in [-0.05, 0) is 19.1 Å². The van der Waals surface area contributed by atoms with Gasteiger partial charge in [-0.25, -0.2) is 13.2 Å². The standard InChI is InChI=1S/C10H11NO5S/c1-2-16-10(13)8-5-3-4-6-9(8)17(14,15)11-7-12/h3-7H,2H2,1H3,(H,11,12). The Labute approximate surface area is 98.6 Å². The molecular formula is C10H11NO5S. The van der Waals surface area contributed by atoms with E-state index in [1.54, 1.807) is 11.6 Å². The van der Waals surface area contributed by atoms with Crippen LogP contribution < -0.4 is 4.72 Å². The van der Waals surface area contributed by atoms with Crippen LogP contribution >= 0.6 is 0 Å². The number of carbonyl (C=O) groups excluding carboxylic acids is 2. The SMILES string of the molecule is CCOC(=O)c1ccccc1S(=O)(=O)NC=O. The first-order valence-corrected chi connectivity index (χ1v) is 6.23. The molecule has 1 aromatic carbocycles. The first-order valence-electron chi connectivity index (χ1n) is 4.75. The summed E-state index contributed by atoms with van der Waals surface area (Å²) in [6.45, 7) is 1.74. The van der Waals surface area contributed by atoms with Gasteiger partial charge in [0.25, 0.3) is 10.0 Å². The number of hydrogen-bond donors (Lipinski definition) is 1. The third-order valence-electron chi connectivity index (χ3n) is 1.88. The molecule has 0 radical (unpaired) electrons. The predicted octanol–water partition coefficient (Wildman–Crippen LogP) is 0.298. The third kappa shape index (κ3) is 3.04. The van der Waals surface area contributed by atoms with Crippen molar-refractivity contribution in [1.29, 1.82) is 0 Å². The Morgan fingerprint density at radius 2 is 2.06 bits per heavy atom. The van der Waals surface area contributed by atoms with Crippen LogP contribution in [-0.4, -0.2) is 27.4 Å². The monoisotopic (exact) mass is 257 g/mol. The molecule has 0 atom stereocenters. The molecule has 1 amide bonds. The maximum Gasteiger partial charge on any atom is 0.339 e. The molecule has 0 unspecified atom stereocenters. The number of hydrogen-bond acceptors (Lipinski definition) is 5. The lowest BCUT2D eigenvalue weighted by Gasteiger charge is -2.08. The summed E-state index contributed by atoms with van der Waals surface area (Å²) >= 11 is 0. The van der Waals surface area contributed by atoms with Crippen LogP contribution in [0, 0.1) is 0 Å². The highest BCUT2D eigenvalue weighted by atomic mass is 32.2. The van der Waals surface area contributed by atoms with E-state index in [2.05, 4.69) is 0 Å². The van der Waals surface area contributed by atoms with Gasteiger partial charge < -0.3 is 4.74 Å². The summed E-state index contributed by atoms with van der Waals surface area (Å²) in [6, 6.07) is 5.49. The quantitative estimate of drug-likeness (QED) is 0.605. The zero-order valence-corrected chi connectivity index (χ0v) is 9.86. The Morgan fingerprint density at radius 3 is 2.65 bits per heavy atom. The number of sulfonamides is 1. The van der Waals surface area contributed by atoms with E-state index in [-0.39, 0.29) is 23.5 Å². The van der Waals surface area contributed by atoms with E-state index < -0.39 is 16.0 Å². The molecule has 1 N–H and O–H groups in total. The molecule has 0 spiro atoms. The lowest BCUT2D eigenvalue weighted by molar-refractivity contribution is -0.108. The van der Waals surface area contributed by atoms with Gasteiger partial charge in [0.1, 0.15) is 4.90 Å². The van der Waals surface area contributed by atoms with Crippen molar-refractivity contribution < 1.29 is 22.7 Å². The maximum absolute atomic E-state index is 11.6. The molecule has 0 aromatic heterocycles. The summed E-state index contributed by atoms with van der Waals surface area (Å²) in [5, 5.41) is 0. The van der Waals surface area contributed by atoms with E-state index >= 15 is 0 Å². The zero-order valence-electron chi connectivity index (χ0n) is 9.04. The normalized spacial score (nSPS) is 10.6. The van der Waals surface area contributed by atoms with Gasteiger partial charge in [0.05, 0.1) is 12.2 Å². The molecule has 17 heavy (non-hydrogen) atoms. The van der Waals surface area contributed by atoms with Gasteiger partial charge in [0, 0.05) is 0 Å². The van der Waals surface area contributed by atoms with Crippen molar-refractivity contribution in [3.63, 3.8) is 0 Å². The molecule has 0 aliphatic heterocycles. The molecule has 0 fully saturated rings. The lowest BCUT2D eigenvalue weighted by atomic mass is 10.2. The minimum Gasteiger partial charge on any atom is -0.462 e. The number of nitrogens with one attached hydrogen (secondary N) is 1. The highest BCUT2D eigenvalue weighted by molar-refractivity contribution is 7.90. The summed E-state index contributed by atoms with van der Waals surface area (Å²) in [5.41, 5.74) is -0.108. The van der Waals surface area contributed by atoms with Crippen LogP contribution in [-0.2, 0) is 19.6 Å². The molecule has 0 saturated heterocycles. The zero-order chi connectivity index (χ0) is 12.9. The van der Waals surface area contributed by atoms with Crippen molar-refractivity contribution >= 4 is 22.4 Å². The van der Waals surface area contributed by atoms with Crippen molar-refractivity contribution in [2.75, 3.05) is 6.61 Å². The van der Waals surface area contributed by atoms with E-state index in [9.17, 15) is 18.0 Å². The fraction of sp³-hybridized carbons (Fsp3) is 0.200. The maximum atomic E-state index is 11.6. The van der Waals surface area contributed by atoms with E-state index in [0.29, 0.717) is 0 Å². The minimum atomic E-state index is -4.02. The molecule has 0 bridgehead atoms. The van der Waals surface area contributed by atoms with Crippen LogP contribution in [0.25, 0.3) is 0 Å². The molecule has 92 valence electrons. The average Bonchev–Trinajstić information content (AvgIpc) is 2.29. The summed E-state index contributed by atoms with van der Waals surface area (Å²) in [4.78, 5) is 21.4. The molecule has 1 aromatic rings. The van der Waals surface area contributed by atoms with Crippen molar-refractivity contribution in [2.45, 2.75) is 11.8 Å². The van der Waals surface area contributed by atoms with E-state index in [4.69, 9.17) is 4.74 Å². The molecule has 0 aliphatic carbocycles. The number of esters is 1. The Balaban J connectivity index is 3.26. The molecule has 1 rings (SSSR count).